The van der Waals surface area contributed by atoms with Crippen molar-refractivity contribution in [3.63, 3.8) is 0 Å². The van der Waals surface area contributed by atoms with Crippen LogP contribution in [0.3, 0.4) is 0 Å². The van der Waals surface area contributed by atoms with Crippen molar-refractivity contribution in [2.45, 2.75) is 17.9 Å². The van der Waals surface area contributed by atoms with Crippen LogP contribution in [0.2, 0.25) is 0 Å². The third-order valence-corrected chi connectivity index (χ3v) is 3.73. The molecule has 0 saturated carbocycles. The molecule has 1 rings (SSSR count). The molecular weight excluding hydrogens is 266 g/mol. The van der Waals surface area contributed by atoms with Crippen molar-refractivity contribution in [1.82, 2.24) is 4.72 Å². The lowest BCUT2D eigenvalue weighted by Crippen LogP contribution is -2.32. The van der Waals surface area contributed by atoms with Gasteiger partial charge in [0.2, 0.25) is 10.0 Å². The molecule has 0 aromatic heterocycles. The van der Waals surface area contributed by atoms with Gasteiger partial charge in [-0.05, 0) is 19.1 Å². The molecular formula is C10H14F2N2O3S. The zero-order chi connectivity index (χ0) is 13.9. The molecule has 1 unspecified atom stereocenters. The Hall–Kier alpha value is -1.25. The highest BCUT2D eigenvalue weighted by Crippen LogP contribution is 2.21. The van der Waals surface area contributed by atoms with Crippen LogP contribution < -0.4 is 10.5 Å². The molecule has 0 amide bonds. The van der Waals surface area contributed by atoms with E-state index in [4.69, 9.17) is 10.5 Å². The van der Waals surface area contributed by atoms with E-state index in [1.54, 1.807) is 6.92 Å². The van der Waals surface area contributed by atoms with E-state index in [9.17, 15) is 17.2 Å². The second-order valence-electron chi connectivity index (χ2n) is 3.71. The summed E-state index contributed by atoms with van der Waals surface area (Å²) in [6, 6.07) is 1.49. The van der Waals surface area contributed by atoms with Crippen LogP contribution in [0.5, 0.6) is 0 Å². The van der Waals surface area contributed by atoms with Gasteiger partial charge in [-0.15, -0.1) is 0 Å². The molecule has 1 atom stereocenters. The third kappa shape index (κ3) is 3.37. The molecule has 0 aliphatic heterocycles. The van der Waals surface area contributed by atoms with Crippen LogP contribution >= 0.6 is 0 Å². The van der Waals surface area contributed by atoms with Gasteiger partial charge in [-0.3, -0.25) is 0 Å². The summed E-state index contributed by atoms with van der Waals surface area (Å²) < 4.78 is 57.2. The normalized spacial score (nSPS) is 13.6. The Morgan fingerprint density at radius 3 is 2.33 bits per heavy atom. The van der Waals surface area contributed by atoms with Gasteiger partial charge in [0, 0.05) is 19.3 Å². The first-order chi connectivity index (χ1) is 8.27. The lowest BCUT2D eigenvalue weighted by atomic mass is 10.3. The largest absolute Gasteiger partial charge is 0.399 e. The van der Waals surface area contributed by atoms with Crippen LogP contribution in [0.4, 0.5) is 14.5 Å². The second kappa shape index (κ2) is 5.59. The zero-order valence-corrected chi connectivity index (χ0v) is 10.7. The minimum absolute atomic E-state index is 0.0951. The monoisotopic (exact) mass is 280 g/mol. The number of anilines is 1. The molecule has 3 N–H and O–H groups in total. The molecule has 0 fully saturated rings. The standard InChI is InChI=1S/C10H14F2N2O3S/c1-6(17-2)5-14-18(15,16)10-8(11)3-7(13)4-9(10)12/h3-4,6,14H,5,13H2,1-2H3. The summed E-state index contributed by atoms with van der Waals surface area (Å²) in [6.07, 6.45) is -0.417. The molecule has 0 radical (unpaired) electrons. The lowest BCUT2D eigenvalue weighted by Gasteiger charge is -2.12. The second-order valence-corrected chi connectivity index (χ2v) is 5.42. The molecule has 102 valence electrons. The Bertz CT molecular complexity index is 511. The number of rotatable bonds is 5. The first kappa shape index (κ1) is 14.8. The number of sulfonamides is 1. The maximum atomic E-state index is 13.4. The van der Waals surface area contributed by atoms with Gasteiger partial charge in [0.15, 0.2) is 4.90 Å². The van der Waals surface area contributed by atoms with Crippen molar-refractivity contribution >= 4 is 15.7 Å². The summed E-state index contributed by atoms with van der Waals surface area (Å²) in [5, 5.41) is 0. The van der Waals surface area contributed by atoms with Gasteiger partial charge >= 0.3 is 0 Å². The van der Waals surface area contributed by atoms with E-state index in [1.807, 2.05) is 0 Å². The van der Waals surface area contributed by atoms with Crippen LogP contribution in [-0.2, 0) is 14.8 Å². The maximum absolute atomic E-state index is 13.4. The quantitative estimate of drug-likeness (QED) is 0.784. The maximum Gasteiger partial charge on any atom is 0.246 e. The summed E-state index contributed by atoms with van der Waals surface area (Å²) in [6.45, 7) is 1.51. The minimum Gasteiger partial charge on any atom is -0.399 e. The van der Waals surface area contributed by atoms with Gasteiger partial charge < -0.3 is 10.5 Å². The predicted octanol–water partition coefficient (Wildman–Crippen LogP) is 0.860. The van der Waals surface area contributed by atoms with Crippen molar-refractivity contribution in [3.05, 3.63) is 23.8 Å². The molecule has 1 aromatic carbocycles. The molecule has 1 aromatic rings. The average molecular weight is 280 g/mol. The Labute approximate surface area is 104 Å². The molecule has 8 heteroatoms. The number of methoxy groups -OCH3 is 1. The third-order valence-electron chi connectivity index (χ3n) is 2.25. The molecule has 0 heterocycles. The Kier molecular flexibility index (Phi) is 4.60. The van der Waals surface area contributed by atoms with Crippen LogP contribution in [0.1, 0.15) is 6.92 Å². The fourth-order valence-corrected chi connectivity index (χ4v) is 2.45. The molecule has 0 spiro atoms. The topological polar surface area (TPSA) is 81.4 Å². The lowest BCUT2D eigenvalue weighted by molar-refractivity contribution is 0.122. The fraction of sp³-hybridized carbons (Fsp3) is 0.400. The first-order valence-corrected chi connectivity index (χ1v) is 6.53. The van der Waals surface area contributed by atoms with E-state index in [0.29, 0.717) is 0 Å². The number of nitrogens with two attached hydrogens (primary N) is 1. The highest BCUT2D eigenvalue weighted by atomic mass is 32.2. The smallest absolute Gasteiger partial charge is 0.246 e. The van der Waals surface area contributed by atoms with Crippen LogP contribution in [0, 0.1) is 11.6 Å². The van der Waals surface area contributed by atoms with E-state index >= 15 is 0 Å². The molecule has 0 aliphatic rings. The number of nitrogens with one attached hydrogen (secondary N) is 1. The SMILES string of the molecule is COC(C)CNS(=O)(=O)c1c(F)cc(N)cc1F. The van der Waals surface area contributed by atoms with E-state index < -0.39 is 32.7 Å². The Morgan fingerprint density at radius 1 is 1.39 bits per heavy atom. The van der Waals surface area contributed by atoms with E-state index in [1.165, 1.54) is 7.11 Å². The number of ether oxygens (including phenoxy) is 1. The summed E-state index contributed by atoms with van der Waals surface area (Å²) >= 11 is 0. The number of nitrogen functional groups attached to an aromatic ring is 1. The number of hydrogen-bond donors (Lipinski definition) is 2. The Morgan fingerprint density at radius 2 is 1.89 bits per heavy atom. The van der Waals surface area contributed by atoms with Gasteiger partial charge in [-0.25, -0.2) is 21.9 Å². The fourth-order valence-electron chi connectivity index (χ4n) is 1.22. The van der Waals surface area contributed by atoms with Crippen LogP contribution in [-0.4, -0.2) is 28.2 Å². The highest BCUT2D eigenvalue weighted by Gasteiger charge is 2.24. The average Bonchev–Trinajstić information content (AvgIpc) is 2.24. The van der Waals surface area contributed by atoms with Crippen molar-refractivity contribution < 1.29 is 21.9 Å². The summed E-state index contributed by atoms with van der Waals surface area (Å²) in [4.78, 5) is -1.04. The van der Waals surface area contributed by atoms with E-state index in [2.05, 4.69) is 4.72 Å². The van der Waals surface area contributed by atoms with Gasteiger partial charge in [0.25, 0.3) is 0 Å². The molecule has 5 nitrogen and oxygen atoms in total. The van der Waals surface area contributed by atoms with Gasteiger partial charge in [-0.2, -0.15) is 0 Å². The summed E-state index contributed by atoms with van der Waals surface area (Å²) in [7, 11) is -2.89. The highest BCUT2D eigenvalue weighted by molar-refractivity contribution is 7.89. The summed E-state index contributed by atoms with van der Waals surface area (Å²) in [5.74, 6) is -2.46. The molecule has 18 heavy (non-hydrogen) atoms. The summed E-state index contributed by atoms with van der Waals surface area (Å²) in [5.41, 5.74) is 5.01. The molecule has 0 saturated heterocycles. The van der Waals surface area contributed by atoms with Gasteiger partial charge in [-0.1, -0.05) is 0 Å². The van der Waals surface area contributed by atoms with Crippen LogP contribution in [0.15, 0.2) is 17.0 Å². The van der Waals surface area contributed by atoms with E-state index in [-0.39, 0.29) is 12.2 Å². The van der Waals surface area contributed by atoms with Crippen LogP contribution in [0.25, 0.3) is 0 Å². The van der Waals surface area contributed by atoms with Gasteiger partial charge in [0.1, 0.15) is 11.6 Å². The first-order valence-electron chi connectivity index (χ1n) is 5.05. The predicted molar refractivity (Wildman–Crippen MR) is 62.4 cm³/mol. The van der Waals surface area contributed by atoms with Gasteiger partial charge in [0.05, 0.1) is 6.10 Å². The van der Waals surface area contributed by atoms with Crippen molar-refractivity contribution in [3.8, 4) is 0 Å². The number of benzene rings is 1. The van der Waals surface area contributed by atoms with E-state index in [0.717, 1.165) is 12.1 Å². The minimum atomic E-state index is -4.28. The number of halogens is 2. The zero-order valence-electron chi connectivity index (χ0n) is 9.91. The molecule has 0 aliphatic carbocycles. The van der Waals surface area contributed by atoms with Crippen molar-refractivity contribution in [1.29, 1.82) is 0 Å². The van der Waals surface area contributed by atoms with Crippen molar-refractivity contribution in [2.24, 2.45) is 0 Å². The number of hydrogen-bond acceptors (Lipinski definition) is 4. The van der Waals surface area contributed by atoms with Crippen molar-refractivity contribution in [2.75, 3.05) is 19.4 Å². The Balaban J connectivity index is 3.06. The molecule has 0 bridgehead atoms.